The molecule has 0 amide bonds. The predicted octanol–water partition coefficient (Wildman–Crippen LogP) is 5.13. The zero-order chi connectivity index (χ0) is 20.9. The first-order chi connectivity index (χ1) is 14.6. The number of ether oxygens (including phenoxy) is 1. The number of aliphatic hydroxyl groups excluding tert-OH is 1. The molecule has 4 rings (SSSR count). The van der Waals surface area contributed by atoms with Crippen LogP contribution in [0.15, 0.2) is 81.0 Å². The maximum atomic E-state index is 10.4. The van der Waals surface area contributed by atoms with Crippen LogP contribution in [-0.2, 0) is 0 Å². The monoisotopic (exact) mass is 485 g/mol. The van der Waals surface area contributed by atoms with Crippen LogP contribution in [-0.4, -0.2) is 38.3 Å². The molecule has 8 heteroatoms. The van der Waals surface area contributed by atoms with E-state index in [1.807, 2.05) is 72.2 Å². The van der Waals surface area contributed by atoms with Crippen molar-refractivity contribution in [3.8, 4) is 22.8 Å². The van der Waals surface area contributed by atoms with Gasteiger partial charge in [0.2, 0.25) is 0 Å². The van der Waals surface area contributed by atoms with Crippen molar-refractivity contribution in [3.05, 3.63) is 77.2 Å². The van der Waals surface area contributed by atoms with Gasteiger partial charge in [0.15, 0.2) is 11.0 Å². The standard InChI is InChI=1S/C22H20BrN3O3S/c1-15-20(10-11-28-15)21-24-25-22(26(21)17-7-3-2-4-8-17)30-14-18(27)13-29-19-9-5-6-16(23)12-19/h2-12,18,27H,13-14H2,1H3. The Morgan fingerprint density at radius 2 is 1.97 bits per heavy atom. The third kappa shape index (κ3) is 4.77. The highest BCUT2D eigenvalue weighted by molar-refractivity contribution is 9.10. The van der Waals surface area contributed by atoms with Crippen molar-refractivity contribution < 1.29 is 14.3 Å². The van der Waals surface area contributed by atoms with E-state index in [1.54, 1.807) is 6.26 Å². The first-order valence-electron chi connectivity index (χ1n) is 9.36. The minimum Gasteiger partial charge on any atom is -0.491 e. The number of benzene rings is 2. The fraction of sp³-hybridized carbons (Fsp3) is 0.182. The van der Waals surface area contributed by atoms with E-state index in [0.29, 0.717) is 22.5 Å². The summed E-state index contributed by atoms with van der Waals surface area (Å²) in [5.74, 6) is 2.61. The van der Waals surface area contributed by atoms with Crippen LogP contribution >= 0.6 is 27.7 Å². The number of nitrogens with zero attached hydrogens (tertiary/aromatic N) is 3. The quantitative estimate of drug-likeness (QED) is 0.348. The highest BCUT2D eigenvalue weighted by atomic mass is 79.9. The van der Waals surface area contributed by atoms with Crippen LogP contribution in [0.25, 0.3) is 17.1 Å². The van der Waals surface area contributed by atoms with Gasteiger partial charge in [0.25, 0.3) is 0 Å². The molecule has 0 saturated heterocycles. The van der Waals surface area contributed by atoms with Crippen molar-refractivity contribution in [2.45, 2.75) is 18.2 Å². The lowest BCUT2D eigenvalue weighted by atomic mass is 10.2. The van der Waals surface area contributed by atoms with Crippen molar-refractivity contribution in [3.63, 3.8) is 0 Å². The summed E-state index contributed by atoms with van der Waals surface area (Å²) in [5, 5.41) is 19.9. The average Bonchev–Trinajstić information content (AvgIpc) is 3.37. The van der Waals surface area contributed by atoms with E-state index in [1.165, 1.54) is 11.8 Å². The number of aliphatic hydroxyl groups is 1. The average molecular weight is 486 g/mol. The van der Waals surface area contributed by atoms with Crippen LogP contribution in [0.1, 0.15) is 5.76 Å². The first kappa shape index (κ1) is 20.7. The second kappa shape index (κ2) is 9.51. The molecule has 1 N–H and O–H groups in total. The van der Waals surface area contributed by atoms with Gasteiger partial charge in [-0.1, -0.05) is 52.0 Å². The zero-order valence-corrected chi connectivity index (χ0v) is 18.6. The van der Waals surface area contributed by atoms with Crippen LogP contribution in [0.2, 0.25) is 0 Å². The Morgan fingerprint density at radius 3 is 2.70 bits per heavy atom. The summed E-state index contributed by atoms with van der Waals surface area (Å²) in [6.07, 6.45) is 0.985. The van der Waals surface area contributed by atoms with Gasteiger partial charge in [-0.3, -0.25) is 4.57 Å². The number of para-hydroxylation sites is 1. The third-order valence-corrected chi connectivity index (χ3v) is 5.96. The summed E-state index contributed by atoms with van der Waals surface area (Å²) in [4.78, 5) is 0. The number of aryl methyl sites for hydroxylation is 1. The van der Waals surface area contributed by atoms with E-state index in [-0.39, 0.29) is 6.61 Å². The number of rotatable bonds is 8. The van der Waals surface area contributed by atoms with Crippen LogP contribution in [0.5, 0.6) is 5.75 Å². The molecule has 0 aliphatic heterocycles. The molecule has 30 heavy (non-hydrogen) atoms. The maximum Gasteiger partial charge on any atom is 0.196 e. The molecule has 0 spiro atoms. The van der Waals surface area contributed by atoms with Gasteiger partial charge in [0.05, 0.1) is 17.9 Å². The smallest absolute Gasteiger partial charge is 0.196 e. The molecule has 2 heterocycles. The molecule has 1 unspecified atom stereocenters. The Bertz CT molecular complexity index is 1110. The minimum absolute atomic E-state index is 0.191. The van der Waals surface area contributed by atoms with Gasteiger partial charge in [0, 0.05) is 15.9 Å². The number of aromatic nitrogens is 3. The second-order valence-electron chi connectivity index (χ2n) is 6.60. The maximum absolute atomic E-state index is 10.4. The van der Waals surface area contributed by atoms with Gasteiger partial charge in [-0.15, -0.1) is 10.2 Å². The van der Waals surface area contributed by atoms with Crippen molar-refractivity contribution in [1.29, 1.82) is 0 Å². The number of furan rings is 1. The second-order valence-corrected chi connectivity index (χ2v) is 8.50. The number of hydrogen-bond acceptors (Lipinski definition) is 6. The molecule has 4 aromatic rings. The van der Waals surface area contributed by atoms with E-state index in [4.69, 9.17) is 9.15 Å². The Morgan fingerprint density at radius 1 is 1.13 bits per heavy atom. The number of hydrogen-bond donors (Lipinski definition) is 1. The summed E-state index contributed by atoms with van der Waals surface area (Å²) in [6, 6.07) is 19.3. The molecular weight excluding hydrogens is 466 g/mol. The van der Waals surface area contributed by atoms with Crippen LogP contribution in [0.4, 0.5) is 0 Å². The van der Waals surface area contributed by atoms with Gasteiger partial charge in [-0.05, 0) is 43.3 Å². The summed E-state index contributed by atoms with van der Waals surface area (Å²) >= 11 is 4.84. The van der Waals surface area contributed by atoms with Crippen molar-refractivity contribution >= 4 is 27.7 Å². The van der Waals surface area contributed by atoms with Crippen LogP contribution in [0, 0.1) is 6.92 Å². The van der Waals surface area contributed by atoms with Crippen molar-refractivity contribution in [2.24, 2.45) is 0 Å². The van der Waals surface area contributed by atoms with Crippen LogP contribution < -0.4 is 4.74 Å². The predicted molar refractivity (Wildman–Crippen MR) is 120 cm³/mol. The van der Waals surface area contributed by atoms with E-state index < -0.39 is 6.10 Å². The Kier molecular flexibility index (Phi) is 6.56. The normalized spacial score (nSPS) is 12.1. The molecule has 6 nitrogen and oxygen atoms in total. The lowest BCUT2D eigenvalue weighted by Gasteiger charge is -2.13. The largest absolute Gasteiger partial charge is 0.491 e. The van der Waals surface area contributed by atoms with Crippen LogP contribution in [0.3, 0.4) is 0 Å². The molecule has 2 aromatic heterocycles. The van der Waals surface area contributed by atoms with Crippen molar-refractivity contribution in [2.75, 3.05) is 12.4 Å². The van der Waals surface area contributed by atoms with E-state index >= 15 is 0 Å². The molecule has 1 atom stereocenters. The van der Waals surface area contributed by atoms with E-state index in [0.717, 1.165) is 21.5 Å². The van der Waals surface area contributed by atoms with Gasteiger partial charge in [-0.25, -0.2) is 0 Å². The summed E-state index contributed by atoms with van der Waals surface area (Å²) in [5.41, 5.74) is 1.83. The van der Waals surface area contributed by atoms with Gasteiger partial charge < -0.3 is 14.3 Å². The fourth-order valence-corrected chi connectivity index (χ4v) is 4.17. The van der Waals surface area contributed by atoms with Gasteiger partial charge >= 0.3 is 0 Å². The van der Waals surface area contributed by atoms with E-state index in [9.17, 15) is 5.11 Å². The molecule has 154 valence electrons. The third-order valence-electron chi connectivity index (χ3n) is 4.39. The van der Waals surface area contributed by atoms with Gasteiger partial charge in [0.1, 0.15) is 18.1 Å². The Hall–Kier alpha value is -2.55. The molecule has 0 aliphatic rings. The molecule has 0 saturated carbocycles. The number of halogens is 1. The topological polar surface area (TPSA) is 73.3 Å². The molecule has 0 fully saturated rings. The molecule has 0 aliphatic carbocycles. The van der Waals surface area contributed by atoms with E-state index in [2.05, 4.69) is 26.1 Å². The SMILES string of the molecule is Cc1occc1-c1nnc(SCC(O)COc2cccc(Br)c2)n1-c1ccccc1. The first-order valence-corrected chi connectivity index (χ1v) is 11.1. The lowest BCUT2D eigenvalue weighted by molar-refractivity contribution is 0.126. The Balaban J connectivity index is 1.50. The fourth-order valence-electron chi connectivity index (χ4n) is 2.93. The molecule has 0 radical (unpaired) electrons. The molecular formula is C22H20BrN3O3S. The Labute approximate surface area is 187 Å². The highest BCUT2D eigenvalue weighted by Gasteiger charge is 2.19. The summed E-state index contributed by atoms with van der Waals surface area (Å²) < 4.78 is 14.0. The van der Waals surface area contributed by atoms with Gasteiger partial charge in [-0.2, -0.15) is 0 Å². The minimum atomic E-state index is -0.658. The molecule has 2 aromatic carbocycles. The van der Waals surface area contributed by atoms with Crippen molar-refractivity contribution in [1.82, 2.24) is 14.8 Å². The number of thioether (sulfide) groups is 1. The summed E-state index contributed by atoms with van der Waals surface area (Å²) in [7, 11) is 0. The lowest BCUT2D eigenvalue weighted by Crippen LogP contribution is -2.20. The molecule has 0 bridgehead atoms. The highest BCUT2D eigenvalue weighted by Crippen LogP contribution is 2.30. The zero-order valence-electron chi connectivity index (χ0n) is 16.2. The summed E-state index contributed by atoms with van der Waals surface area (Å²) in [6.45, 7) is 2.09.